The van der Waals surface area contributed by atoms with Crippen LogP contribution in [-0.4, -0.2) is 17.4 Å². The zero-order valence-electron chi connectivity index (χ0n) is 15.0. The Bertz CT molecular complexity index is 869. The van der Waals surface area contributed by atoms with E-state index in [2.05, 4.69) is 17.4 Å². The van der Waals surface area contributed by atoms with E-state index in [9.17, 15) is 14.9 Å². The minimum atomic E-state index is -0.588. The zero-order chi connectivity index (χ0) is 19.4. The fourth-order valence-electron chi connectivity index (χ4n) is 3.29. The summed E-state index contributed by atoms with van der Waals surface area (Å²) in [5, 5.41) is 14.2. The maximum atomic E-state index is 12.2. The Hall–Kier alpha value is -2.60. The number of nitro benzene ring substituents is 1. The van der Waals surface area contributed by atoms with E-state index >= 15 is 0 Å². The molecule has 0 aliphatic heterocycles. The lowest BCUT2D eigenvalue weighted by molar-refractivity contribution is -0.385. The molecule has 0 spiro atoms. The standard InChI is InChI=1S/C20H21ClN2O4/c1-13(15-7-6-14-4-2-3-5-16(14)10-15)22-20(24)12-27-19-9-8-17(21)11-18(19)23(25)26/h6-11,13H,2-5,12H2,1H3,(H,22,24)/t13-/m0/s1. The fraction of sp³-hybridized carbons (Fsp3) is 0.350. The molecule has 2 aromatic rings. The first-order valence-corrected chi connectivity index (χ1v) is 9.29. The average molecular weight is 389 g/mol. The number of carbonyl (C=O) groups is 1. The van der Waals surface area contributed by atoms with Gasteiger partial charge in [-0.3, -0.25) is 14.9 Å². The predicted octanol–water partition coefficient (Wildman–Crippen LogP) is 4.38. The van der Waals surface area contributed by atoms with Gasteiger partial charge in [0.1, 0.15) is 0 Å². The number of nitrogens with zero attached hydrogens (tertiary/aromatic N) is 1. The molecule has 7 heteroatoms. The molecule has 142 valence electrons. The molecule has 0 bridgehead atoms. The van der Waals surface area contributed by atoms with Crippen LogP contribution in [0.15, 0.2) is 36.4 Å². The van der Waals surface area contributed by atoms with E-state index in [0.29, 0.717) is 0 Å². The minimum Gasteiger partial charge on any atom is -0.477 e. The van der Waals surface area contributed by atoms with Crippen LogP contribution >= 0.6 is 11.6 Å². The molecule has 3 rings (SSSR count). The van der Waals surface area contributed by atoms with Crippen LogP contribution < -0.4 is 10.1 Å². The topological polar surface area (TPSA) is 81.5 Å². The second-order valence-electron chi connectivity index (χ2n) is 6.68. The van der Waals surface area contributed by atoms with Crippen molar-refractivity contribution in [3.63, 3.8) is 0 Å². The van der Waals surface area contributed by atoms with Crippen LogP contribution in [0.25, 0.3) is 0 Å². The molecule has 0 radical (unpaired) electrons. The van der Waals surface area contributed by atoms with E-state index in [1.54, 1.807) is 0 Å². The number of carbonyl (C=O) groups excluding carboxylic acids is 1. The first-order chi connectivity index (χ1) is 12.9. The van der Waals surface area contributed by atoms with Gasteiger partial charge in [0.05, 0.1) is 11.0 Å². The highest BCUT2D eigenvalue weighted by atomic mass is 35.5. The Morgan fingerprint density at radius 2 is 1.96 bits per heavy atom. The Balaban J connectivity index is 1.60. The van der Waals surface area contributed by atoms with Gasteiger partial charge in [0.25, 0.3) is 5.91 Å². The van der Waals surface area contributed by atoms with Crippen molar-refractivity contribution in [2.24, 2.45) is 0 Å². The molecule has 1 N–H and O–H groups in total. The SMILES string of the molecule is C[C@H](NC(=O)COc1ccc(Cl)cc1[N+](=O)[O-])c1ccc2c(c1)CCCC2. The summed E-state index contributed by atoms with van der Waals surface area (Å²) in [6.45, 7) is 1.60. The third kappa shape index (κ3) is 4.77. The molecule has 0 heterocycles. The van der Waals surface area contributed by atoms with E-state index in [1.807, 2.05) is 13.0 Å². The molecule has 1 amide bonds. The third-order valence-corrected chi connectivity index (χ3v) is 4.96. The highest BCUT2D eigenvalue weighted by molar-refractivity contribution is 6.30. The molecule has 6 nitrogen and oxygen atoms in total. The summed E-state index contributed by atoms with van der Waals surface area (Å²) in [6, 6.07) is 10.2. The number of fused-ring (bicyclic) bond motifs is 1. The second-order valence-corrected chi connectivity index (χ2v) is 7.12. The van der Waals surface area contributed by atoms with Gasteiger partial charge in [-0.05, 0) is 61.4 Å². The van der Waals surface area contributed by atoms with Crippen LogP contribution in [0.3, 0.4) is 0 Å². The van der Waals surface area contributed by atoms with E-state index in [-0.39, 0.29) is 35.0 Å². The largest absolute Gasteiger partial charge is 0.477 e. The highest BCUT2D eigenvalue weighted by Crippen LogP contribution is 2.30. The Kier molecular flexibility index (Phi) is 5.96. The molecular formula is C20H21ClN2O4. The zero-order valence-corrected chi connectivity index (χ0v) is 15.8. The van der Waals surface area contributed by atoms with Crippen molar-refractivity contribution in [2.45, 2.75) is 38.6 Å². The average Bonchev–Trinajstić information content (AvgIpc) is 2.66. The molecule has 0 saturated carbocycles. The summed E-state index contributed by atoms with van der Waals surface area (Å²) in [5.41, 5.74) is 3.52. The minimum absolute atomic E-state index is 0.0148. The molecule has 1 atom stereocenters. The number of benzene rings is 2. The van der Waals surface area contributed by atoms with Crippen molar-refractivity contribution in [1.82, 2.24) is 5.32 Å². The van der Waals surface area contributed by atoms with Gasteiger partial charge < -0.3 is 10.1 Å². The maximum Gasteiger partial charge on any atom is 0.312 e. The van der Waals surface area contributed by atoms with E-state index in [1.165, 1.54) is 42.2 Å². The van der Waals surface area contributed by atoms with Crippen LogP contribution in [0.2, 0.25) is 5.02 Å². The Morgan fingerprint density at radius 1 is 1.22 bits per heavy atom. The van der Waals surface area contributed by atoms with Gasteiger partial charge in [-0.25, -0.2) is 0 Å². The van der Waals surface area contributed by atoms with Crippen molar-refractivity contribution in [2.75, 3.05) is 6.61 Å². The molecular weight excluding hydrogens is 368 g/mol. The van der Waals surface area contributed by atoms with Gasteiger partial charge in [0, 0.05) is 11.1 Å². The van der Waals surface area contributed by atoms with Crippen molar-refractivity contribution < 1.29 is 14.5 Å². The number of aryl methyl sites for hydroxylation is 2. The van der Waals surface area contributed by atoms with Crippen LogP contribution in [0.4, 0.5) is 5.69 Å². The van der Waals surface area contributed by atoms with Gasteiger partial charge in [-0.2, -0.15) is 0 Å². The summed E-state index contributed by atoms with van der Waals surface area (Å²) < 4.78 is 5.33. The summed E-state index contributed by atoms with van der Waals surface area (Å²) in [5.74, 6) is -0.328. The first-order valence-electron chi connectivity index (χ1n) is 8.92. The Labute approximate surface area is 162 Å². The highest BCUT2D eigenvalue weighted by Gasteiger charge is 2.18. The number of amides is 1. The summed E-state index contributed by atoms with van der Waals surface area (Å²) >= 11 is 5.77. The van der Waals surface area contributed by atoms with Crippen molar-refractivity contribution in [1.29, 1.82) is 0 Å². The Morgan fingerprint density at radius 3 is 2.70 bits per heavy atom. The quantitative estimate of drug-likeness (QED) is 0.588. The molecule has 0 aromatic heterocycles. The number of nitro groups is 1. The van der Waals surface area contributed by atoms with Crippen molar-refractivity contribution >= 4 is 23.2 Å². The third-order valence-electron chi connectivity index (χ3n) is 4.73. The first kappa shape index (κ1) is 19.2. The van der Waals surface area contributed by atoms with Crippen molar-refractivity contribution in [3.8, 4) is 5.75 Å². The molecule has 0 fully saturated rings. The molecule has 1 aliphatic carbocycles. The normalized spacial score (nSPS) is 14.1. The molecule has 0 saturated heterocycles. The number of hydrogen-bond acceptors (Lipinski definition) is 4. The van der Waals surface area contributed by atoms with Gasteiger partial charge >= 0.3 is 5.69 Å². The number of nitrogens with one attached hydrogen (secondary N) is 1. The van der Waals surface area contributed by atoms with Crippen LogP contribution in [0.5, 0.6) is 5.75 Å². The number of rotatable bonds is 6. The number of hydrogen-bond donors (Lipinski definition) is 1. The number of ether oxygens (including phenoxy) is 1. The molecule has 1 aliphatic rings. The lowest BCUT2D eigenvalue weighted by atomic mass is 9.89. The van der Waals surface area contributed by atoms with Gasteiger partial charge in [0.2, 0.25) is 0 Å². The van der Waals surface area contributed by atoms with Gasteiger partial charge in [-0.15, -0.1) is 0 Å². The predicted molar refractivity (Wildman–Crippen MR) is 103 cm³/mol. The second kappa shape index (κ2) is 8.39. The lowest BCUT2D eigenvalue weighted by Crippen LogP contribution is -2.31. The van der Waals surface area contributed by atoms with Crippen LogP contribution in [0.1, 0.15) is 42.5 Å². The molecule has 0 unspecified atom stereocenters. The monoisotopic (exact) mass is 388 g/mol. The summed E-state index contributed by atoms with van der Waals surface area (Å²) in [7, 11) is 0. The van der Waals surface area contributed by atoms with Gasteiger partial charge in [0.15, 0.2) is 12.4 Å². The van der Waals surface area contributed by atoms with Gasteiger partial charge in [-0.1, -0.05) is 29.8 Å². The smallest absolute Gasteiger partial charge is 0.312 e. The summed E-state index contributed by atoms with van der Waals surface area (Å²) in [4.78, 5) is 22.7. The number of halogens is 1. The summed E-state index contributed by atoms with van der Waals surface area (Å²) in [6.07, 6.45) is 4.62. The van der Waals surface area contributed by atoms with Crippen LogP contribution in [-0.2, 0) is 17.6 Å². The molecule has 2 aromatic carbocycles. The van der Waals surface area contributed by atoms with E-state index in [4.69, 9.17) is 16.3 Å². The van der Waals surface area contributed by atoms with E-state index < -0.39 is 4.92 Å². The van der Waals surface area contributed by atoms with Crippen LogP contribution in [0, 0.1) is 10.1 Å². The van der Waals surface area contributed by atoms with E-state index in [0.717, 1.165) is 18.4 Å². The lowest BCUT2D eigenvalue weighted by Gasteiger charge is -2.20. The van der Waals surface area contributed by atoms with Crippen molar-refractivity contribution in [3.05, 3.63) is 68.2 Å². The molecule has 27 heavy (non-hydrogen) atoms. The fourth-order valence-corrected chi connectivity index (χ4v) is 3.45. The maximum absolute atomic E-state index is 12.2.